The van der Waals surface area contributed by atoms with Crippen molar-refractivity contribution >= 4 is 23.7 Å². The Balaban J connectivity index is 1.17. The van der Waals surface area contributed by atoms with Crippen molar-refractivity contribution in [3.8, 4) is 5.75 Å². The summed E-state index contributed by atoms with van der Waals surface area (Å²) in [6.45, 7) is 4.24. The molecule has 2 aromatic heterocycles. The van der Waals surface area contributed by atoms with Gasteiger partial charge in [-0.15, -0.1) is 11.3 Å². The molecule has 3 aromatic rings. The maximum absolute atomic E-state index is 12.9. The van der Waals surface area contributed by atoms with E-state index in [2.05, 4.69) is 30.7 Å². The number of thiazole rings is 1. The molecule has 39 heavy (non-hydrogen) atoms. The summed E-state index contributed by atoms with van der Waals surface area (Å²) in [5, 5.41) is 13.7. The van der Waals surface area contributed by atoms with Crippen molar-refractivity contribution < 1.29 is 27.4 Å². The van der Waals surface area contributed by atoms with Crippen molar-refractivity contribution in [1.82, 2.24) is 30.3 Å². The number of aromatic nitrogens is 3. The molecular formula is C26H29F3N6O3S. The molecule has 1 unspecified atom stereocenters. The number of likely N-dealkylation sites (tertiary alicyclic amines) is 1. The van der Waals surface area contributed by atoms with E-state index in [1.807, 2.05) is 12.1 Å². The average molecular weight is 563 g/mol. The molecule has 2 aliphatic heterocycles. The van der Waals surface area contributed by atoms with Crippen molar-refractivity contribution in [2.45, 2.75) is 51.1 Å². The lowest BCUT2D eigenvalue weighted by Gasteiger charge is -2.30. The van der Waals surface area contributed by atoms with E-state index < -0.39 is 18.0 Å². The molecule has 0 aliphatic carbocycles. The van der Waals surface area contributed by atoms with E-state index in [9.17, 15) is 18.0 Å². The van der Waals surface area contributed by atoms with E-state index in [4.69, 9.17) is 9.72 Å². The molecule has 0 amide bonds. The van der Waals surface area contributed by atoms with Crippen molar-refractivity contribution in [3.05, 3.63) is 69.1 Å². The van der Waals surface area contributed by atoms with Crippen molar-refractivity contribution in [3.63, 3.8) is 0 Å². The number of hydrogen-bond donors (Lipinski definition) is 2. The van der Waals surface area contributed by atoms with E-state index in [1.165, 1.54) is 11.8 Å². The number of nitrogens with one attached hydrogen (secondary N) is 2. The van der Waals surface area contributed by atoms with Crippen LogP contribution in [-0.4, -0.2) is 46.0 Å². The Hall–Kier alpha value is -3.42. The third-order valence-corrected chi connectivity index (χ3v) is 7.94. The van der Waals surface area contributed by atoms with Gasteiger partial charge in [0.25, 0.3) is 0 Å². The van der Waals surface area contributed by atoms with Gasteiger partial charge in [-0.05, 0) is 37.5 Å². The second-order valence-electron chi connectivity index (χ2n) is 9.48. The first kappa shape index (κ1) is 27.2. The number of piperidine rings is 1. The molecule has 0 radical (unpaired) electrons. The number of ether oxygens (including phenoxy) is 2. The molecule has 1 saturated heterocycles. The van der Waals surface area contributed by atoms with Crippen LogP contribution < -0.4 is 15.4 Å². The van der Waals surface area contributed by atoms with Gasteiger partial charge in [0.2, 0.25) is 0 Å². The van der Waals surface area contributed by atoms with Gasteiger partial charge in [0.05, 0.1) is 17.8 Å². The molecule has 13 heteroatoms. The highest BCUT2D eigenvalue weighted by Gasteiger charge is 2.34. The van der Waals surface area contributed by atoms with Crippen LogP contribution in [0.25, 0.3) is 6.20 Å². The fraction of sp³-hybridized carbons (Fsp3) is 0.423. The second-order valence-corrected chi connectivity index (χ2v) is 10.4. The molecule has 1 fully saturated rings. The number of carbonyl (C=O) groups is 1. The van der Waals surface area contributed by atoms with Crippen LogP contribution in [0.1, 0.15) is 58.1 Å². The fourth-order valence-corrected chi connectivity index (χ4v) is 5.77. The molecule has 9 nitrogen and oxygen atoms in total. The SMILES string of the molecule is COC(=O)Oc1cccc2c1CNC(c1csc(C3CCN(C=Cn4nc(C(F)(F)F)cc4C)CC3)n1)NC2. The second kappa shape index (κ2) is 11.4. The third-order valence-electron chi connectivity index (χ3n) is 6.92. The van der Waals surface area contributed by atoms with Crippen LogP contribution in [0.15, 0.2) is 35.8 Å². The lowest BCUT2D eigenvalue weighted by molar-refractivity contribution is -0.141. The summed E-state index contributed by atoms with van der Waals surface area (Å²) in [5.41, 5.74) is 2.38. The van der Waals surface area contributed by atoms with Gasteiger partial charge in [0, 0.05) is 61.1 Å². The number of nitrogens with zero attached hydrogens (tertiary/aromatic N) is 4. The van der Waals surface area contributed by atoms with Gasteiger partial charge in [0.15, 0.2) is 5.69 Å². The molecule has 208 valence electrons. The number of benzene rings is 1. The molecule has 2 aliphatic rings. The van der Waals surface area contributed by atoms with Crippen LogP contribution in [0.3, 0.4) is 0 Å². The Morgan fingerprint density at radius 2 is 1.95 bits per heavy atom. The largest absolute Gasteiger partial charge is 0.513 e. The summed E-state index contributed by atoms with van der Waals surface area (Å²) in [5.74, 6) is 0.789. The first-order chi connectivity index (χ1) is 18.7. The summed E-state index contributed by atoms with van der Waals surface area (Å²) in [6.07, 6.45) is -0.190. The van der Waals surface area contributed by atoms with Gasteiger partial charge in [-0.25, -0.2) is 14.5 Å². The molecule has 2 N–H and O–H groups in total. The normalized spacial score (nSPS) is 18.7. The van der Waals surface area contributed by atoms with Crippen molar-refractivity contribution in [2.24, 2.45) is 0 Å². The lowest BCUT2D eigenvalue weighted by atomic mass is 9.98. The van der Waals surface area contributed by atoms with Crippen molar-refractivity contribution in [2.75, 3.05) is 20.2 Å². The van der Waals surface area contributed by atoms with Crippen LogP contribution in [0.4, 0.5) is 18.0 Å². The summed E-state index contributed by atoms with van der Waals surface area (Å²) < 4.78 is 49.9. The summed E-state index contributed by atoms with van der Waals surface area (Å²) in [7, 11) is 1.28. The molecule has 0 bridgehead atoms. The van der Waals surface area contributed by atoms with Gasteiger partial charge in [-0.2, -0.15) is 18.3 Å². The number of carbonyl (C=O) groups excluding carboxylic acids is 1. The number of aryl methyl sites for hydroxylation is 1. The van der Waals surface area contributed by atoms with Crippen LogP contribution in [0.5, 0.6) is 5.75 Å². The van der Waals surface area contributed by atoms with Gasteiger partial charge >= 0.3 is 12.3 Å². The zero-order chi connectivity index (χ0) is 27.6. The first-order valence-electron chi connectivity index (χ1n) is 12.6. The standard InChI is InChI=1S/C26H29F3N6O3S/c1-16-12-22(26(27,28)29)33-35(16)11-10-34-8-6-17(7-9-34)24-32-20(15-39-24)23-30-13-18-4-3-5-21(19(18)14-31-23)38-25(36)37-2/h3-5,10-12,15,17,23,30-31H,6-9,13-14H2,1-2H3. The minimum Gasteiger partial charge on any atom is -0.437 e. The molecule has 0 saturated carbocycles. The maximum atomic E-state index is 12.9. The molecule has 0 spiro atoms. The van der Waals surface area contributed by atoms with Crippen LogP contribution in [0.2, 0.25) is 0 Å². The Bertz CT molecular complexity index is 1350. The van der Waals surface area contributed by atoms with E-state index in [0.717, 1.165) is 53.8 Å². The maximum Gasteiger partial charge on any atom is 0.513 e. The van der Waals surface area contributed by atoms with Gasteiger partial charge in [-0.3, -0.25) is 10.6 Å². The third kappa shape index (κ3) is 6.26. The highest BCUT2D eigenvalue weighted by molar-refractivity contribution is 7.09. The Morgan fingerprint density at radius 1 is 1.18 bits per heavy atom. The highest BCUT2D eigenvalue weighted by Crippen LogP contribution is 2.33. The quantitative estimate of drug-likeness (QED) is 0.331. The van der Waals surface area contributed by atoms with E-state index in [-0.39, 0.29) is 6.17 Å². The molecule has 5 rings (SSSR count). The summed E-state index contributed by atoms with van der Waals surface area (Å²) in [4.78, 5) is 18.7. The number of hydrogen-bond acceptors (Lipinski definition) is 9. The molecule has 1 aromatic carbocycles. The average Bonchev–Trinajstić information content (AvgIpc) is 3.49. The topological polar surface area (TPSA) is 93.5 Å². The van der Waals surface area contributed by atoms with Gasteiger partial charge in [-0.1, -0.05) is 12.1 Å². The van der Waals surface area contributed by atoms with Crippen LogP contribution in [-0.2, 0) is 24.0 Å². The predicted octanol–water partition coefficient (Wildman–Crippen LogP) is 5.01. The number of methoxy groups -OCH3 is 1. The summed E-state index contributed by atoms with van der Waals surface area (Å²) in [6, 6.07) is 6.63. The van der Waals surface area contributed by atoms with E-state index in [0.29, 0.717) is 30.5 Å². The number of fused-ring (bicyclic) bond motifs is 1. The Morgan fingerprint density at radius 3 is 2.67 bits per heavy atom. The lowest BCUT2D eigenvalue weighted by Crippen LogP contribution is -2.31. The first-order valence-corrected chi connectivity index (χ1v) is 13.4. The monoisotopic (exact) mass is 562 g/mol. The smallest absolute Gasteiger partial charge is 0.437 e. The minimum absolute atomic E-state index is 0.157. The van der Waals surface area contributed by atoms with Gasteiger partial charge < -0.3 is 14.4 Å². The molecule has 1 atom stereocenters. The summed E-state index contributed by atoms with van der Waals surface area (Å²) >= 11 is 1.64. The van der Waals surface area contributed by atoms with E-state index in [1.54, 1.807) is 36.7 Å². The van der Waals surface area contributed by atoms with Crippen LogP contribution in [0, 0.1) is 6.92 Å². The Labute approximate surface area is 227 Å². The zero-order valence-corrected chi connectivity index (χ0v) is 22.3. The van der Waals surface area contributed by atoms with Gasteiger partial charge in [0.1, 0.15) is 11.9 Å². The van der Waals surface area contributed by atoms with Crippen molar-refractivity contribution in [1.29, 1.82) is 0 Å². The Kier molecular flexibility index (Phi) is 7.91. The molecule has 4 heterocycles. The molecular weight excluding hydrogens is 533 g/mol. The minimum atomic E-state index is -4.46. The number of rotatable bonds is 5. The zero-order valence-electron chi connectivity index (χ0n) is 21.5. The number of halogens is 3. The highest BCUT2D eigenvalue weighted by atomic mass is 32.1. The number of alkyl halides is 3. The van der Waals surface area contributed by atoms with Crippen LogP contribution >= 0.6 is 11.3 Å². The predicted molar refractivity (Wildman–Crippen MR) is 139 cm³/mol. The fourth-order valence-electron chi connectivity index (χ4n) is 4.75. The van der Waals surface area contributed by atoms with E-state index >= 15 is 0 Å².